The van der Waals surface area contributed by atoms with Gasteiger partial charge in [0.05, 0.1) is 6.61 Å². The van der Waals surface area contributed by atoms with Crippen molar-refractivity contribution in [2.45, 2.75) is 38.5 Å². The predicted octanol–water partition coefficient (Wildman–Crippen LogP) is 2.59. The monoisotopic (exact) mass is 277 g/mol. The molecule has 2 heterocycles. The summed E-state index contributed by atoms with van der Waals surface area (Å²) in [6.45, 7) is 5.37. The second kappa shape index (κ2) is 6.39. The summed E-state index contributed by atoms with van der Waals surface area (Å²) in [6.07, 6.45) is 4.57. The van der Waals surface area contributed by atoms with Crippen LogP contribution in [0.2, 0.25) is 0 Å². The molecule has 0 amide bonds. The number of hydrogen-bond acceptors (Lipinski definition) is 5. The zero-order valence-electron chi connectivity index (χ0n) is 12.1. The summed E-state index contributed by atoms with van der Waals surface area (Å²) in [5.74, 6) is 3.66. The third-order valence-corrected chi connectivity index (χ3v) is 3.83. The maximum atomic E-state index is 5.90. The third kappa shape index (κ3) is 3.60. The highest BCUT2D eigenvalue weighted by Crippen LogP contribution is 2.39. The molecule has 0 aromatic carbocycles. The number of rotatable bonds is 6. The van der Waals surface area contributed by atoms with Crippen LogP contribution in [0, 0.1) is 5.92 Å². The number of hydrogen-bond donors (Lipinski definition) is 1. The summed E-state index contributed by atoms with van der Waals surface area (Å²) < 4.78 is 11.3. The fraction of sp³-hybridized carbons (Fsp3) is 0.733. The molecule has 1 aromatic rings. The van der Waals surface area contributed by atoms with Gasteiger partial charge in [-0.1, -0.05) is 0 Å². The number of nitrogens with zero attached hydrogens (tertiary/aromatic N) is 2. The van der Waals surface area contributed by atoms with E-state index in [1.165, 1.54) is 12.8 Å². The molecule has 0 spiro atoms. The minimum atomic E-state index is 0.541. The quantitative estimate of drug-likeness (QED) is 0.866. The lowest BCUT2D eigenvalue weighted by Crippen LogP contribution is -2.21. The van der Waals surface area contributed by atoms with Gasteiger partial charge in [-0.3, -0.25) is 0 Å². The van der Waals surface area contributed by atoms with Crippen molar-refractivity contribution in [3.8, 4) is 5.88 Å². The molecule has 110 valence electrons. The van der Waals surface area contributed by atoms with Gasteiger partial charge in [-0.2, -0.15) is 4.98 Å². The van der Waals surface area contributed by atoms with Gasteiger partial charge in [-0.15, -0.1) is 0 Å². The molecule has 3 rings (SSSR count). The van der Waals surface area contributed by atoms with Gasteiger partial charge in [-0.25, -0.2) is 4.98 Å². The fourth-order valence-electron chi connectivity index (χ4n) is 2.43. The summed E-state index contributed by atoms with van der Waals surface area (Å²) in [5.41, 5.74) is 0. The molecule has 2 fully saturated rings. The highest BCUT2D eigenvalue weighted by atomic mass is 16.5. The van der Waals surface area contributed by atoms with Crippen molar-refractivity contribution in [2.24, 2.45) is 5.92 Å². The topological polar surface area (TPSA) is 56.3 Å². The third-order valence-electron chi connectivity index (χ3n) is 3.83. The maximum Gasteiger partial charge on any atom is 0.218 e. The van der Waals surface area contributed by atoms with E-state index in [9.17, 15) is 0 Å². The van der Waals surface area contributed by atoms with Gasteiger partial charge in [0.1, 0.15) is 11.6 Å². The molecule has 0 unspecified atom stereocenters. The Labute approximate surface area is 120 Å². The van der Waals surface area contributed by atoms with E-state index >= 15 is 0 Å². The van der Waals surface area contributed by atoms with Crippen LogP contribution < -0.4 is 10.1 Å². The second-order valence-electron chi connectivity index (χ2n) is 5.62. The summed E-state index contributed by atoms with van der Waals surface area (Å²) in [4.78, 5) is 9.12. The zero-order chi connectivity index (χ0) is 13.8. The Balaban J connectivity index is 1.64. The Kier molecular flexibility index (Phi) is 4.35. The Bertz CT molecular complexity index is 443. The molecule has 0 radical (unpaired) electrons. The highest BCUT2D eigenvalue weighted by Gasteiger charge is 2.27. The van der Waals surface area contributed by atoms with Crippen LogP contribution in [-0.4, -0.2) is 36.3 Å². The van der Waals surface area contributed by atoms with Crippen molar-refractivity contribution in [2.75, 3.05) is 31.7 Å². The van der Waals surface area contributed by atoms with Crippen LogP contribution in [0.3, 0.4) is 0 Å². The molecule has 5 nitrogen and oxygen atoms in total. The van der Waals surface area contributed by atoms with Gasteiger partial charge in [-0.05, 0) is 38.5 Å². The zero-order valence-corrected chi connectivity index (χ0v) is 12.1. The Morgan fingerprint density at radius 2 is 2.05 bits per heavy atom. The summed E-state index contributed by atoms with van der Waals surface area (Å²) in [7, 11) is 0. The minimum Gasteiger partial charge on any atom is -0.477 e. The van der Waals surface area contributed by atoms with Gasteiger partial charge in [0.15, 0.2) is 0 Å². The number of ether oxygens (including phenoxy) is 2. The van der Waals surface area contributed by atoms with Gasteiger partial charge < -0.3 is 14.8 Å². The van der Waals surface area contributed by atoms with Crippen molar-refractivity contribution in [1.82, 2.24) is 9.97 Å². The van der Waals surface area contributed by atoms with Crippen LogP contribution >= 0.6 is 0 Å². The van der Waals surface area contributed by atoms with Crippen LogP contribution in [0.4, 0.5) is 5.82 Å². The van der Waals surface area contributed by atoms with E-state index < -0.39 is 0 Å². The summed E-state index contributed by atoms with van der Waals surface area (Å²) in [5, 5.41) is 3.26. The fourth-order valence-corrected chi connectivity index (χ4v) is 2.43. The molecule has 1 N–H and O–H groups in total. The average Bonchev–Trinajstić information content (AvgIpc) is 3.31. The molecular formula is C15H23N3O2. The van der Waals surface area contributed by atoms with E-state index in [1.54, 1.807) is 0 Å². The molecule has 1 aliphatic heterocycles. The van der Waals surface area contributed by atoms with Gasteiger partial charge in [0.2, 0.25) is 5.88 Å². The lowest BCUT2D eigenvalue weighted by atomic mass is 10.0. The normalized spacial score (nSPS) is 19.9. The van der Waals surface area contributed by atoms with Crippen LogP contribution in [0.25, 0.3) is 0 Å². The average molecular weight is 277 g/mol. The van der Waals surface area contributed by atoms with Crippen LogP contribution in [0.5, 0.6) is 5.88 Å². The van der Waals surface area contributed by atoms with Crippen molar-refractivity contribution >= 4 is 5.82 Å². The van der Waals surface area contributed by atoms with Crippen LogP contribution in [0.1, 0.15) is 44.3 Å². The van der Waals surface area contributed by atoms with Gasteiger partial charge in [0.25, 0.3) is 0 Å². The van der Waals surface area contributed by atoms with E-state index in [-0.39, 0.29) is 0 Å². The first-order valence-corrected chi connectivity index (χ1v) is 7.68. The van der Waals surface area contributed by atoms with Crippen molar-refractivity contribution in [3.63, 3.8) is 0 Å². The lowest BCUT2D eigenvalue weighted by molar-refractivity contribution is 0.0490. The Morgan fingerprint density at radius 1 is 1.25 bits per heavy atom. The first-order valence-electron chi connectivity index (χ1n) is 7.68. The number of aromatic nitrogens is 2. The smallest absolute Gasteiger partial charge is 0.218 e. The molecule has 1 aliphatic carbocycles. The van der Waals surface area contributed by atoms with Crippen molar-refractivity contribution in [1.29, 1.82) is 0 Å². The molecule has 0 bridgehead atoms. The van der Waals surface area contributed by atoms with E-state index in [0.29, 0.717) is 17.7 Å². The SMILES string of the molecule is CCNc1cc(OCC2CCOCC2)nc(C2CC2)n1. The minimum absolute atomic E-state index is 0.541. The lowest BCUT2D eigenvalue weighted by Gasteiger charge is -2.22. The first-order chi connectivity index (χ1) is 9.85. The molecule has 1 aromatic heterocycles. The van der Waals surface area contributed by atoms with Crippen molar-refractivity contribution in [3.05, 3.63) is 11.9 Å². The first kappa shape index (κ1) is 13.6. The molecule has 1 saturated carbocycles. The molecular weight excluding hydrogens is 254 g/mol. The molecule has 20 heavy (non-hydrogen) atoms. The van der Waals surface area contributed by atoms with Crippen molar-refractivity contribution < 1.29 is 9.47 Å². The molecule has 5 heteroatoms. The second-order valence-corrected chi connectivity index (χ2v) is 5.62. The maximum absolute atomic E-state index is 5.90. The molecule has 0 atom stereocenters. The molecule has 2 aliphatic rings. The molecule has 1 saturated heterocycles. The van der Waals surface area contributed by atoms with E-state index in [1.807, 2.05) is 6.07 Å². The van der Waals surface area contributed by atoms with Gasteiger partial charge >= 0.3 is 0 Å². The standard InChI is InChI=1S/C15H23N3O2/c1-2-16-13-9-14(18-15(17-13)12-3-4-12)20-10-11-5-7-19-8-6-11/h9,11-12H,2-8,10H2,1H3,(H,16,17,18). The van der Waals surface area contributed by atoms with Crippen LogP contribution in [0.15, 0.2) is 6.07 Å². The van der Waals surface area contributed by atoms with Gasteiger partial charge in [0, 0.05) is 31.7 Å². The Morgan fingerprint density at radius 3 is 2.75 bits per heavy atom. The Hall–Kier alpha value is -1.36. The van der Waals surface area contributed by atoms with E-state index in [4.69, 9.17) is 9.47 Å². The van der Waals surface area contributed by atoms with E-state index in [2.05, 4.69) is 22.2 Å². The predicted molar refractivity (Wildman–Crippen MR) is 77.2 cm³/mol. The number of anilines is 1. The summed E-state index contributed by atoms with van der Waals surface area (Å²) in [6, 6.07) is 1.91. The largest absolute Gasteiger partial charge is 0.477 e. The summed E-state index contributed by atoms with van der Waals surface area (Å²) >= 11 is 0. The van der Waals surface area contributed by atoms with Crippen LogP contribution in [-0.2, 0) is 4.74 Å². The highest BCUT2D eigenvalue weighted by molar-refractivity contribution is 5.39. The number of nitrogens with one attached hydrogen (secondary N) is 1. The van der Waals surface area contributed by atoms with E-state index in [0.717, 1.165) is 50.8 Å².